The molecule has 1 aromatic heterocycles. The van der Waals surface area contributed by atoms with Gasteiger partial charge < -0.3 is 10.2 Å². The fraction of sp³-hybridized carbons (Fsp3) is 0.409. The van der Waals surface area contributed by atoms with Gasteiger partial charge in [0.05, 0.1) is 23.5 Å². The van der Waals surface area contributed by atoms with E-state index < -0.39 is 27.6 Å². The van der Waals surface area contributed by atoms with E-state index in [1.807, 2.05) is 6.07 Å². The molecular formula is C22H24ClFN4O3S. The van der Waals surface area contributed by atoms with Gasteiger partial charge in [0.1, 0.15) is 17.3 Å². The number of fused-ring (bicyclic) bond motifs is 2. The SMILES string of the molecule is C[C@H](/C=C/S(C)(=O)=O)NC(=O)c1cnc(N2CC3CC(C3)[C@@H]2c2cccc(F)c2Cl)cn1. The van der Waals surface area contributed by atoms with E-state index in [-0.39, 0.29) is 16.8 Å². The Hall–Kier alpha value is -2.52. The number of benzene rings is 1. The van der Waals surface area contributed by atoms with Gasteiger partial charge in [0.15, 0.2) is 9.84 Å². The van der Waals surface area contributed by atoms with Crippen LogP contribution >= 0.6 is 11.6 Å². The number of halogens is 2. The van der Waals surface area contributed by atoms with Crippen LogP contribution in [0.2, 0.25) is 5.02 Å². The Kier molecular flexibility index (Phi) is 6.22. The Balaban J connectivity index is 1.52. The van der Waals surface area contributed by atoms with Crippen LogP contribution in [0.3, 0.4) is 0 Å². The molecule has 0 spiro atoms. The van der Waals surface area contributed by atoms with Gasteiger partial charge in [-0.25, -0.2) is 22.8 Å². The minimum Gasteiger partial charge on any atom is -0.348 e. The average molecular weight is 479 g/mol. The summed E-state index contributed by atoms with van der Waals surface area (Å²) in [5.41, 5.74) is 0.862. The van der Waals surface area contributed by atoms with Crippen molar-refractivity contribution in [3.05, 3.63) is 64.2 Å². The van der Waals surface area contributed by atoms with Crippen LogP contribution in [0.15, 0.2) is 42.1 Å². The summed E-state index contributed by atoms with van der Waals surface area (Å²) in [5.74, 6) is 0.617. The molecule has 2 saturated heterocycles. The number of sulfone groups is 1. The molecule has 2 bridgehead atoms. The van der Waals surface area contributed by atoms with Crippen molar-refractivity contribution in [2.24, 2.45) is 11.8 Å². The van der Waals surface area contributed by atoms with Crippen LogP contribution in [0.25, 0.3) is 0 Å². The van der Waals surface area contributed by atoms with Crippen LogP contribution in [-0.2, 0) is 9.84 Å². The Morgan fingerprint density at radius 2 is 2.06 bits per heavy atom. The van der Waals surface area contributed by atoms with E-state index in [9.17, 15) is 17.6 Å². The summed E-state index contributed by atoms with van der Waals surface area (Å²) in [6, 6.07) is 4.27. The number of carbonyl (C=O) groups is 1. The van der Waals surface area contributed by atoms with Crippen molar-refractivity contribution >= 4 is 33.2 Å². The maximum Gasteiger partial charge on any atom is 0.271 e. The van der Waals surface area contributed by atoms with Crippen molar-refractivity contribution in [2.75, 3.05) is 17.7 Å². The molecule has 1 N–H and O–H groups in total. The number of anilines is 1. The molecule has 10 heteroatoms. The van der Waals surface area contributed by atoms with Gasteiger partial charge >= 0.3 is 0 Å². The Bertz CT molecular complexity index is 1150. The quantitative estimate of drug-likeness (QED) is 0.682. The lowest BCUT2D eigenvalue weighted by Gasteiger charge is -2.53. The number of rotatable bonds is 6. The van der Waals surface area contributed by atoms with Crippen LogP contribution in [0.1, 0.15) is 41.9 Å². The predicted octanol–water partition coefficient (Wildman–Crippen LogP) is 3.53. The number of aromatic nitrogens is 2. The van der Waals surface area contributed by atoms with Crippen molar-refractivity contribution in [3.63, 3.8) is 0 Å². The third-order valence-corrected chi connectivity index (χ3v) is 7.00. The molecule has 1 aromatic carbocycles. The molecule has 3 fully saturated rings. The summed E-state index contributed by atoms with van der Waals surface area (Å²) in [4.78, 5) is 23.2. The van der Waals surface area contributed by atoms with Crippen molar-refractivity contribution < 1.29 is 17.6 Å². The van der Waals surface area contributed by atoms with Gasteiger partial charge in [-0.3, -0.25) is 4.79 Å². The van der Waals surface area contributed by atoms with E-state index in [1.165, 1.54) is 24.5 Å². The molecular weight excluding hydrogens is 455 g/mol. The largest absolute Gasteiger partial charge is 0.348 e. The number of carbonyl (C=O) groups excluding carboxylic acids is 1. The maximum absolute atomic E-state index is 14.1. The molecule has 3 aliphatic rings. The number of amides is 1. The lowest BCUT2D eigenvalue weighted by molar-refractivity contribution is 0.0941. The van der Waals surface area contributed by atoms with Crippen molar-refractivity contribution in [3.8, 4) is 0 Å². The molecule has 2 aromatic rings. The molecule has 1 amide bonds. The number of nitrogens with one attached hydrogen (secondary N) is 1. The summed E-state index contributed by atoms with van der Waals surface area (Å²) in [6.07, 6.45) is 7.54. The zero-order valence-corrected chi connectivity index (χ0v) is 19.3. The summed E-state index contributed by atoms with van der Waals surface area (Å²) in [6.45, 7) is 2.43. The first-order valence-corrected chi connectivity index (χ1v) is 12.7. The molecule has 3 heterocycles. The number of piperidine rings is 2. The van der Waals surface area contributed by atoms with Gasteiger partial charge in [0, 0.05) is 24.3 Å². The number of hydrogen-bond acceptors (Lipinski definition) is 6. The van der Waals surface area contributed by atoms with Gasteiger partial charge in [-0.15, -0.1) is 0 Å². The topological polar surface area (TPSA) is 92.3 Å². The van der Waals surface area contributed by atoms with E-state index in [0.29, 0.717) is 17.7 Å². The van der Waals surface area contributed by atoms with Gasteiger partial charge in [0.25, 0.3) is 5.91 Å². The number of hydrogen-bond donors (Lipinski definition) is 1. The van der Waals surface area contributed by atoms with Crippen LogP contribution in [0.5, 0.6) is 0 Å². The van der Waals surface area contributed by atoms with Crippen LogP contribution in [0, 0.1) is 17.7 Å². The first kappa shape index (κ1) is 22.7. The smallest absolute Gasteiger partial charge is 0.271 e. The molecule has 170 valence electrons. The first-order chi connectivity index (χ1) is 15.1. The summed E-state index contributed by atoms with van der Waals surface area (Å²) in [7, 11) is -3.27. The Labute approximate surface area is 191 Å². The van der Waals surface area contributed by atoms with Gasteiger partial charge in [0.2, 0.25) is 0 Å². The molecule has 7 nitrogen and oxygen atoms in total. The fourth-order valence-corrected chi connectivity index (χ4v) is 5.18. The molecule has 0 unspecified atom stereocenters. The third kappa shape index (κ3) is 4.78. The van der Waals surface area contributed by atoms with Crippen molar-refractivity contribution in [2.45, 2.75) is 31.8 Å². The molecule has 32 heavy (non-hydrogen) atoms. The molecule has 2 aliphatic heterocycles. The normalized spacial score (nSPS) is 23.6. The number of nitrogens with zero attached hydrogens (tertiary/aromatic N) is 3. The monoisotopic (exact) mass is 478 g/mol. The highest BCUT2D eigenvalue weighted by Gasteiger charge is 2.46. The Morgan fingerprint density at radius 1 is 1.31 bits per heavy atom. The van der Waals surface area contributed by atoms with Crippen LogP contribution in [-0.4, -0.2) is 43.1 Å². The highest BCUT2D eigenvalue weighted by atomic mass is 35.5. The lowest BCUT2D eigenvalue weighted by Crippen LogP contribution is -2.51. The molecule has 1 saturated carbocycles. The standard InChI is InChI=1S/C22H24ClFN4O3S/c1-13(6-7-32(2,30)31)27-22(29)18-10-26-19(11-25-18)28-12-14-8-15(9-14)21(28)16-4-3-5-17(24)20(16)23/h3-7,10-11,13-15,21H,8-9,12H2,1-2H3,(H,27,29)/b7-6+/t13-,14?,15?,21-/m1/s1. The van der Waals surface area contributed by atoms with E-state index in [0.717, 1.165) is 36.6 Å². The predicted molar refractivity (Wildman–Crippen MR) is 121 cm³/mol. The summed E-state index contributed by atoms with van der Waals surface area (Å²) in [5, 5.41) is 3.84. The Morgan fingerprint density at radius 3 is 2.72 bits per heavy atom. The average Bonchev–Trinajstić information content (AvgIpc) is 2.73. The lowest BCUT2D eigenvalue weighted by atomic mass is 9.65. The minimum atomic E-state index is -3.27. The van der Waals surface area contributed by atoms with Gasteiger partial charge in [-0.1, -0.05) is 29.8 Å². The second-order valence-electron chi connectivity index (χ2n) is 8.52. The minimum absolute atomic E-state index is 0.0988. The van der Waals surface area contributed by atoms with E-state index >= 15 is 0 Å². The second kappa shape index (κ2) is 8.78. The summed E-state index contributed by atoms with van der Waals surface area (Å²) < 4.78 is 36.5. The zero-order valence-electron chi connectivity index (χ0n) is 17.7. The highest BCUT2D eigenvalue weighted by Crippen LogP contribution is 2.52. The zero-order chi connectivity index (χ0) is 23.0. The van der Waals surface area contributed by atoms with E-state index in [4.69, 9.17) is 11.6 Å². The van der Waals surface area contributed by atoms with E-state index in [1.54, 1.807) is 13.0 Å². The fourth-order valence-electron chi connectivity index (χ4n) is 4.42. The molecule has 2 atom stereocenters. The molecule has 0 radical (unpaired) electrons. The third-order valence-electron chi connectivity index (χ3n) is 5.95. The van der Waals surface area contributed by atoms with Crippen LogP contribution in [0.4, 0.5) is 10.2 Å². The molecule has 1 aliphatic carbocycles. The van der Waals surface area contributed by atoms with Gasteiger partial charge in [-0.2, -0.15) is 0 Å². The highest BCUT2D eigenvalue weighted by molar-refractivity contribution is 7.93. The van der Waals surface area contributed by atoms with E-state index in [2.05, 4.69) is 20.2 Å². The first-order valence-electron chi connectivity index (χ1n) is 10.3. The summed E-state index contributed by atoms with van der Waals surface area (Å²) >= 11 is 6.30. The molecule has 5 rings (SSSR count). The van der Waals surface area contributed by atoms with Crippen LogP contribution < -0.4 is 10.2 Å². The van der Waals surface area contributed by atoms with Crippen molar-refractivity contribution in [1.29, 1.82) is 0 Å². The second-order valence-corrected chi connectivity index (χ2v) is 10.8. The maximum atomic E-state index is 14.1. The van der Waals surface area contributed by atoms with Gasteiger partial charge in [-0.05, 0) is 43.2 Å². The van der Waals surface area contributed by atoms with Crippen molar-refractivity contribution in [1.82, 2.24) is 15.3 Å².